The number of carbonyl (C=O) groups excluding carboxylic acids is 2. The first-order valence-corrected chi connectivity index (χ1v) is 15.1. The minimum Gasteiger partial charge on any atom is -0.352 e. The van der Waals surface area contributed by atoms with Gasteiger partial charge in [0.15, 0.2) is 0 Å². The summed E-state index contributed by atoms with van der Waals surface area (Å²) in [5, 5.41) is 3.61. The Morgan fingerprint density at radius 2 is 1.57 bits per heavy atom. The Hall–Kier alpha value is -3.43. The second-order valence-corrected chi connectivity index (χ2v) is 12.3. The molecule has 1 fully saturated rings. The lowest BCUT2D eigenvalue weighted by Gasteiger charge is -2.33. The second-order valence-electron chi connectivity index (χ2n) is 9.97. The maximum Gasteiger partial charge on any atom is 0.264 e. The monoisotopic (exact) mass is 585 g/mol. The highest BCUT2D eigenvalue weighted by atomic mass is 35.5. The molecule has 0 unspecified atom stereocenters. The molecular weight excluding hydrogens is 553 g/mol. The normalized spacial score (nSPS) is 14.8. The number of benzene rings is 3. The van der Waals surface area contributed by atoms with Crippen molar-refractivity contribution >= 4 is 39.1 Å². The van der Waals surface area contributed by atoms with E-state index in [4.69, 9.17) is 11.6 Å². The van der Waals surface area contributed by atoms with Gasteiger partial charge in [-0.05, 0) is 73.9 Å². The summed E-state index contributed by atoms with van der Waals surface area (Å²) in [7, 11) is -4.25. The molecule has 1 aliphatic carbocycles. The predicted octanol–water partition coefficient (Wildman–Crippen LogP) is 5.54. The largest absolute Gasteiger partial charge is 0.352 e. The third kappa shape index (κ3) is 7.40. The van der Waals surface area contributed by atoms with Crippen LogP contribution < -0.4 is 9.62 Å². The summed E-state index contributed by atoms with van der Waals surface area (Å²) >= 11 is 6.05. The first-order valence-electron chi connectivity index (χ1n) is 13.3. The fourth-order valence-electron chi connectivity index (χ4n) is 4.79. The average molecular weight is 586 g/mol. The number of sulfonamides is 1. The molecule has 0 spiro atoms. The molecule has 40 heavy (non-hydrogen) atoms. The number of halogens is 2. The second kappa shape index (κ2) is 13.3. The lowest BCUT2D eigenvalue weighted by Crippen LogP contribution is -2.53. The third-order valence-corrected chi connectivity index (χ3v) is 9.15. The summed E-state index contributed by atoms with van der Waals surface area (Å²) in [5.41, 5.74) is 1.01. The van der Waals surface area contributed by atoms with Gasteiger partial charge in [0.25, 0.3) is 10.0 Å². The highest BCUT2D eigenvalue weighted by Gasteiger charge is 2.33. The summed E-state index contributed by atoms with van der Waals surface area (Å²) in [6.07, 6.45) is 5.00. The molecule has 4 rings (SSSR count). The molecule has 0 aliphatic heterocycles. The van der Waals surface area contributed by atoms with Crippen LogP contribution in [0.4, 0.5) is 10.1 Å². The lowest BCUT2D eigenvalue weighted by atomic mass is 9.95. The van der Waals surface area contributed by atoms with Crippen molar-refractivity contribution in [2.24, 2.45) is 0 Å². The van der Waals surface area contributed by atoms with Crippen LogP contribution in [0.3, 0.4) is 0 Å². The molecule has 2 amide bonds. The SMILES string of the molecule is C[C@H](C(=O)NC1CCCCC1)N(Cc1ccc(Cl)cc1)C(=O)CN(c1ccccc1)S(=O)(=O)c1ccc(F)cc1. The van der Waals surface area contributed by atoms with Gasteiger partial charge in [-0.2, -0.15) is 0 Å². The molecule has 1 aliphatic rings. The quantitative estimate of drug-likeness (QED) is 0.338. The fraction of sp³-hybridized carbons (Fsp3) is 0.333. The molecule has 1 N–H and O–H groups in total. The van der Waals surface area contributed by atoms with Crippen molar-refractivity contribution in [1.82, 2.24) is 10.2 Å². The van der Waals surface area contributed by atoms with Crippen LogP contribution in [0.2, 0.25) is 5.02 Å². The minimum atomic E-state index is -4.25. The van der Waals surface area contributed by atoms with Crippen LogP contribution in [-0.4, -0.2) is 43.8 Å². The Morgan fingerprint density at radius 3 is 2.20 bits per heavy atom. The molecule has 7 nitrogen and oxygen atoms in total. The zero-order valence-electron chi connectivity index (χ0n) is 22.3. The highest BCUT2D eigenvalue weighted by molar-refractivity contribution is 7.92. The van der Waals surface area contributed by atoms with Crippen LogP contribution in [-0.2, 0) is 26.2 Å². The first kappa shape index (κ1) is 29.6. The van der Waals surface area contributed by atoms with Crippen molar-refractivity contribution in [2.75, 3.05) is 10.8 Å². The van der Waals surface area contributed by atoms with E-state index in [1.807, 2.05) is 0 Å². The van der Waals surface area contributed by atoms with Crippen molar-refractivity contribution in [2.45, 2.75) is 62.6 Å². The Bertz CT molecular complexity index is 1400. The predicted molar refractivity (Wildman–Crippen MR) is 154 cm³/mol. The molecule has 3 aromatic rings. The molecule has 0 saturated heterocycles. The summed E-state index contributed by atoms with van der Waals surface area (Å²) in [6, 6.07) is 18.8. The number of amides is 2. The Morgan fingerprint density at radius 1 is 0.950 bits per heavy atom. The molecule has 1 saturated carbocycles. The summed E-state index contributed by atoms with van der Waals surface area (Å²) in [6.45, 7) is 1.17. The van der Waals surface area contributed by atoms with Crippen molar-refractivity contribution in [3.05, 3.63) is 95.3 Å². The number of carbonyl (C=O) groups is 2. The van der Waals surface area contributed by atoms with Gasteiger partial charge in [0.2, 0.25) is 11.8 Å². The first-order chi connectivity index (χ1) is 19.1. The molecule has 1 atom stereocenters. The maximum atomic E-state index is 13.9. The van der Waals surface area contributed by atoms with Crippen LogP contribution in [0.15, 0.2) is 83.8 Å². The molecule has 0 aromatic heterocycles. The fourth-order valence-corrected chi connectivity index (χ4v) is 6.33. The van der Waals surface area contributed by atoms with Gasteiger partial charge < -0.3 is 10.2 Å². The number of hydrogen-bond acceptors (Lipinski definition) is 4. The molecule has 0 heterocycles. The molecule has 10 heteroatoms. The van der Waals surface area contributed by atoms with Crippen molar-refractivity contribution in [1.29, 1.82) is 0 Å². The summed E-state index contributed by atoms with van der Waals surface area (Å²) in [5.74, 6) is -1.43. The molecular formula is C30H33ClFN3O4S. The van der Waals surface area contributed by atoms with Crippen molar-refractivity contribution < 1.29 is 22.4 Å². The zero-order chi connectivity index (χ0) is 28.7. The Balaban J connectivity index is 1.65. The van der Waals surface area contributed by atoms with E-state index >= 15 is 0 Å². The topological polar surface area (TPSA) is 86.8 Å². The van der Waals surface area contributed by atoms with Crippen molar-refractivity contribution in [3.63, 3.8) is 0 Å². The molecule has 0 bridgehead atoms. The minimum absolute atomic E-state index is 0.0517. The van der Waals surface area contributed by atoms with Crippen LogP contribution in [0, 0.1) is 5.82 Å². The van der Waals surface area contributed by atoms with E-state index in [0.29, 0.717) is 5.02 Å². The van der Waals surface area contributed by atoms with Gasteiger partial charge in [0.1, 0.15) is 18.4 Å². The van der Waals surface area contributed by atoms with E-state index in [2.05, 4.69) is 5.32 Å². The van der Waals surface area contributed by atoms with Gasteiger partial charge in [-0.25, -0.2) is 12.8 Å². The number of hydrogen-bond donors (Lipinski definition) is 1. The van der Waals surface area contributed by atoms with Gasteiger partial charge in [0.05, 0.1) is 10.6 Å². The number of para-hydroxylation sites is 1. The molecule has 212 valence electrons. The number of nitrogens with zero attached hydrogens (tertiary/aromatic N) is 2. The van der Waals surface area contributed by atoms with E-state index in [1.165, 1.54) is 4.90 Å². The van der Waals surface area contributed by atoms with Gasteiger partial charge in [-0.15, -0.1) is 0 Å². The third-order valence-electron chi connectivity index (χ3n) is 7.11. The number of nitrogens with one attached hydrogen (secondary N) is 1. The molecule has 0 radical (unpaired) electrons. The number of anilines is 1. The molecule has 3 aromatic carbocycles. The Labute approximate surface area is 240 Å². The smallest absolute Gasteiger partial charge is 0.264 e. The van der Waals surface area contributed by atoms with Crippen LogP contribution in [0.1, 0.15) is 44.6 Å². The average Bonchev–Trinajstić information content (AvgIpc) is 2.96. The van der Waals surface area contributed by atoms with Crippen molar-refractivity contribution in [3.8, 4) is 0 Å². The van der Waals surface area contributed by atoms with Gasteiger partial charge >= 0.3 is 0 Å². The summed E-state index contributed by atoms with van der Waals surface area (Å²) in [4.78, 5) is 28.5. The lowest BCUT2D eigenvalue weighted by molar-refractivity contribution is -0.139. The van der Waals surface area contributed by atoms with Gasteiger partial charge in [-0.3, -0.25) is 13.9 Å². The van der Waals surface area contributed by atoms with Crippen LogP contribution in [0.25, 0.3) is 0 Å². The van der Waals surface area contributed by atoms with E-state index in [-0.39, 0.29) is 29.1 Å². The maximum absolute atomic E-state index is 13.9. The van der Waals surface area contributed by atoms with Gasteiger partial charge in [0, 0.05) is 17.6 Å². The van der Waals surface area contributed by atoms with E-state index in [0.717, 1.165) is 66.2 Å². The van der Waals surface area contributed by atoms with E-state index in [1.54, 1.807) is 61.5 Å². The van der Waals surface area contributed by atoms with Crippen LogP contribution >= 0.6 is 11.6 Å². The Kier molecular flexibility index (Phi) is 9.81. The standard InChI is InChI=1S/C30H33ClFN3O4S/c1-22(30(37)33-26-8-4-2-5-9-26)34(20-23-12-14-24(31)15-13-23)29(36)21-35(27-10-6-3-7-11-27)40(38,39)28-18-16-25(32)17-19-28/h3,6-7,10-19,22,26H,2,4-5,8-9,20-21H2,1H3,(H,33,37)/t22-/m1/s1. The van der Waals surface area contributed by atoms with Crippen LogP contribution in [0.5, 0.6) is 0 Å². The van der Waals surface area contributed by atoms with E-state index in [9.17, 15) is 22.4 Å². The summed E-state index contributed by atoms with van der Waals surface area (Å²) < 4.78 is 42.0. The van der Waals surface area contributed by atoms with E-state index < -0.39 is 34.3 Å². The highest BCUT2D eigenvalue weighted by Crippen LogP contribution is 2.25. The number of rotatable bonds is 10. The van der Waals surface area contributed by atoms with Gasteiger partial charge in [-0.1, -0.05) is 61.2 Å². The zero-order valence-corrected chi connectivity index (χ0v) is 23.9.